The van der Waals surface area contributed by atoms with Crippen LogP contribution in [0.4, 0.5) is 0 Å². The summed E-state index contributed by atoms with van der Waals surface area (Å²) < 4.78 is 32.4. The quantitative estimate of drug-likeness (QED) is 0.872. The summed E-state index contributed by atoms with van der Waals surface area (Å²) in [6.07, 6.45) is 1.30. The minimum Gasteiger partial charge on any atom is -0.478 e. The second-order valence-corrected chi connectivity index (χ2v) is 6.57. The zero-order valence-electron chi connectivity index (χ0n) is 11.1. The first-order valence-electron chi connectivity index (χ1n) is 6.36. The number of benzene rings is 1. The fraction of sp³-hybridized carbons (Fsp3) is 0.462. The molecule has 2 rings (SSSR count). The van der Waals surface area contributed by atoms with Crippen LogP contribution in [0.15, 0.2) is 29.2 Å². The molecule has 0 radical (unpaired) electrons. The van der Waals surface area contributed by atoms with Crippen LogP contribution in [0.2, 0.25) is 0 Å². The molecule has 2 N–H and O–H groups in total. The molecule has 1 aromatic carbocycles. The van der Waals surface area contributed by atoms with Crippen molar-refractivity contribution < 1.29 is 23.1 Å². The van der Waals surface area contributed by atoms with Crippen molar-refractivity contribution in [1.29, 1.82) is 0 Å². The van der Waals surface area contributed by atoms with Crippen molar-refractivity contribution in [2.24, 2.45) is 0 Å². The molecule has 1 saturated heterocycles. The van der Waals surface area contributed by atoms with E-state index in [2.05, 4.69) is 4.72 Å². The lowest BCUT2D eigenvalue weighted by atomic mass is 10.1. The molecular formula is C13H17NO5S. The SMILES string of the molecule is CC1CC(NS(=O)(=O)c2ccc(C(=O)O)cc2)CCO1. The molecule has 2 atom stereocenters. The second kappa shape index (κ2) is 5.90. The highest BCUT2D eigenvalue weighted by Crippen LogP contribution is 2.17. The Morgan fingerprint density at radius 1 is 1.35 bits per heavy atom. The van der Waals surface area contributed by atoms with E-state index in [4.69, 9.17) is 9.84 Å². The lowest BCUT2D eigenvalue weighted by Crippen LogP contribution is -2.41. The van der Waals surface area contributed by atoms with Crippen LogP contribution < -0.4 is 4.72 Å². The van der Waals surface area contributed by atoms with E-state index in [0.29, 0.717) is 19.4 Å². The first kappa shape index (κ1) is 15.0. The lowest BCUT2D eigenvalue weighted by Gasteiger charge is -2.27. The number of sulfonamides is 1. The number of aromatic carboxylic acids is 1. The first-order chi connectivity index (χ1) is 9.38. The van der Waals surface area contributed by atoms with Crippen LogP contribution in [-0.4, -0.2) is 38.2 Å². The van der Waals surface area contributed by atoms with E-state index in [1.165, 1.54) is 24.3 Å². The molecule has 0 bridgehead atoms. The van der Waals surface area contributed by atoms with Crippen molar-refractivity contribution in [1.82, 2.24) is 4.72 Å². The Labute approximate surface area is 117 Å². The maximum absolute atomic E-state index is 12.2. The van der Waals surface area contributed by atoms with Gasteiger partial charge in [0.25, 0.3) is 0 Å². The fourth-order valence-electron chi connectivity index (χ4n) is 2.17. The number of carboxylic acids is 1. The van der Waals surface area contributed by atoms with Crippen molar-refractivity contribution in [3.8, 4) is 0 Å². The summed E-state index contributed by atoms with van der Waals surface area (Å²) in [6.45, 7) is 2.44. The van der Waals surface area contributed by atoms with Gasteiger partial charge in [-0.15, -0.1) is 0 Å². The highest BCUT2D eigenvalue weighted by molar-refractivity contribution is 7.89. The van der Waals surface area contributed by atoms with Crippen LogP contribution in [-0.2, 0) is 14.8 Å². The molecule has 0 spiro atoms. The van der Waals surface area contributed by atoms with Crippen molar-refractivity contribution in [3.63, 3.8) is 0 Å². The van der Waals surface area contributed by atoms with Gasteiger partial charge >= 0.3 is 5.97 Å². The van der Waals surface area contributed by atoms with E-state index < -0.39 is 16.0 Å². The summed E-state index contributed by atoms with van der Waals surface area (Å²) >= 11 is 0. The number of hydrogen-bond donors (Lipinski definition) is 2. The summed E-state index contributed by atoms with van der Waals surface area (Å²) in [7, 11) is -3.62. The van der Waals surface area contributed by atoms with Crippen LogP contribution in [0, 0.1) is 0 Å². The Kier molecular flexibility index (Phi) is 4.42. The summed E-state index contributed by atoms with van der Waals surface area (Å²) in [5.74, 6) is -1.08. The number of ether oxygens (including phenoxy) is 1. The van der Waals surface area contributed by atoms with Crippen LogP contribution in [0.3, 0.4) is 0 Å². The van der Waals surface area contributed by atoms with E-state index in [1.807, 2.05) is 6.92 Å². The predicted molar refractivity (Wildman–Crippen MR) is 72.2 cm³/mol. The normalized spacial score (nSPS) is 23.4. The summed E-state index contributed by atoms with van der Waals surface area (Å²) in [4.78, 5) is 10.8. The van der Waals surface area contributed by atoms with Crippen LogP contribution >= 0.6 is 0 Å². The van der Waals surface area contributed by atoms with E-state index in [9.17, 15) is 13.2 Å². The highest BCUT2D eigenvalue weighted by Gasteiger charge is 2.25. The molecule has 1 aliphatic rings. The third kappa shape index (κ3) is 3.56. The van der Waals surface area contributed by atoms with Crippen LogP contribution in [0.5, 0.6) is 0 Å². The topological polar surface area (TPSA) is 92.7 Å². The number of rotatable bonds is 4. The van der Waals surface area contributed by atoms with Gasteiger partial charge < -0.3 is 9.84 Å². The molecular weight excluding hydrogens is 282 g/mol. The molecule has 1 aromatic rings. The zero-order chi connectivity index (χ0) is 14.8. The summed E-state index contributed by atoms with van der Waals surface area (Å²) in [6, 6.07) is 5.01. The minimum absolute atomic E-state index is 0.0332. The molecule has 0 saturated carbocycles. The van der Waals surface area contributed by atoms with Crippen molar-refractivity contribution >= 4 is 16.0 Å². The van der Waals surface area contributed by atoms with Gasteiger partial charge in [0.15, 0.2) is 0 Å². The van der Waals surface area contributed by atoms with Crippen molar-refractivity contribution in [3.05, 3.63) is 29.8 Å². The lowest BCUT2D eigenvalue weighted by molar-refractivity contribution is 0.0173. The molecule has 20 heavy (non-hydrogen) atoms. The third-order valence-corrected chi connectivity index (χ3v) is 4.75. The van der Waals surface area contributed by atoms with Gasteiger partial charge in [-0.3, -0.25) is 0 Å². The standard InChI is InChI=1S/C13H17NO5S/c1-9-8-11(6-7-19-9)14-20(17,18)12-4-2-10(3-5-12)13(15)16/h2-5,9,11,14H,6-8H2,1H3,(H,15,16). The van der Waals surface area contributed by atoms with Gasteiger partial charge in [-0.2, -0.15) is 0 Å². The molecule has 6 nitrogen and oxygen atoms in total. The van der Waals surface area contributed by atoms with Gasteiger partial charge in [0.05, 0.1) is 16.6 Å². The minimum atomic E-state index is -3.62. The van der Waals surface area contributed by atoms with E-state index in [-0.39, 0.29) is 22.6 Å². The van der Waals surface area contributed by atoms with Gasteiger partial charge in [-0.1, -0.05) is 0 Å². The molecule has 110 valence electrons. The Morgan fingerprint density at radius 2 is 2.00 bits per heavy atom. The first-order valence-corrected chi connectivity index (χ1v) is 7.84. The van der Waals surface area contributed by atoms with E-state index in [0.717, 1.165) is 0 Å². The van der Waals surface area contributed by atoms with Gasteiger partial charge in [-0.25, -0.2) is 17.9 Å². The van der Waals surface area contributed by atoms with Gasteiger partial charge in [0.2, 0.25) is 10.0 Å². The van der Waals surface area contributed by atoms with Crippen LogP contribution in [0.1, 0.15) is 30.1 Å². The van der Waals surface area contributed by atoms with E-state index in [1.54, 1.807) is 0 Å². The molecule has 1 fully saturated rings. The fourth-order valence-corrected chi connectivity index (χ4v) is 3.45. The maximum Gasteiger partial charge on any atom is 0.335 e. The maximum atomic E-state index is 12.2. The summed E-state index contributed by atoms with van der Waals surface area (Å²) in [5, 5.41) is 8.79. The number of nitrogens with one attached hydrogen (secondary N) is 1. The molecule has 2 unspecified atom stereocenters. The monoisotopic (exact) mass is 299 g/mol. The smallest absolute Gasteiger partial charge is 0.335 e. The van der Waals surface area contributed by atoms with E-state index >= 15 is 0 Å². The van der Waals surface area contributed by atoms with Gasteiger partial charge in [0, 0.05) is 12.6 Å². The molecule has 0 aromatic heterocycles. The van der Waals surface area contributed by atoms with Gasteiger partial charge in [0.1, 0.15) is 0 Å². The van der Waals surface area contributed by atoms with Crippen molar-refractivity contribution in [2.45, 2.75) is 36.8 Å². The molecule has 1 aliphatic heterocycles. The number of hydrogen-bond acceptors (Lipinski definition) is 4. The third-order valence-electron chi connectivity index (χ3n) is 3.22. The van der Waals surface area contributed by atoms with Crippen molar-refractivity contribution in [2.75, 3.05) is 6.61 Å². The predicted octanol–water partition coefficient (Wildman–Crippen LogP) is 1.23. The largest absolute Gasteiger partial charge is 0.478 e. The Morgan fingerprint density at radius 3 is 2.55 bits per heavy atom. The average Bonchev–Trinajstić information content (AvgIpc) is 2.38. The Bertz CT molecular complexity index is 581. The number of carbonyl (C=O) groups is 1. The molecule has 0 aliphatic carbocycles. The Hall–Kier alpha value is -1.44. The highest BCUT2D eigenvalue weighted by atomic mass is 32.2. The Balaban J connectivity index is 2.11. The zero-order valence-corrected chi connectivity index (χ0v) is 11.9. The molecule has 0 amide bonds. The molecule has 1 heterocycles. The van der Waals surface area contributed by atoms with Gasteiger partial charge in [-0.05, 0) is 44.0 Å². The average molecular weight is 299 g/mol. The number of carboxylic acid groups (broad SMARTS) is 1. The van der Waals surface area contributed by atoms with Crippen LogP contribution in [0.25, 0.3) is 0 Å². The molecule has 7 heteroatoms. The second-order valence-electron chi connectivity index (χ2n) is 4.85. The summed E-state index contributed by atoms with van der Waals surface area (Å²) in [5.41, 5.74) is 0.0589.